The second kappa shape index (κ2) is 7.73. The predicted octanol–water partition coefficient (Wildman–Crippen LogP) is 1.50. The zero-order valence-electron chi connectivity index (χ0n) is 15.6. The van der Waals surface area contributed by atoms with Crippen molar-refractivity contribution in [1.82, 2.24) is 14.7 Å². The normalized spacial score (nSPS) is 16.1. The van der Waals surface area contributed by atoms with Crippen molar-refractivity contribution < 1.29 is 9.59 Å². The number of carbonyl (C=O) groups excluding carboxylic acids is 2. The molecule has 27 heavy (non-hydrogen) atoms. The summed E-state index contributed by atoms with van der Waals surface area (Å²) in [5.41, 5.74) is 7.68. The molecule has 1 unspecified atom stereocenters. The summed E-state index contributed by atoms with van der Waals surface area (Å²) in [6.45, 7) is 4.60. The fourth-order valence-electron chi connectivity index (χ4n) is 3.33. The quantitative estimate of drug-likeness (QED) is 0.884. The average Bonchev–Trinajstić information content (AvgIpc) is 2.68. The van der Waals surface area contributed by atoms with Crippen molar-refractivity contribution in [1.29, 1.82) is 0 Å². The van der Waals surface area contributed by atoms with Crippen LogP contribution in [0.1, 0.15) is 31.4 Å². The van der Waals surface area contributed by atoms with E-state index in [1.807, 2.05) is 31.2 Å². The van der Waals surface area contributed by atoms with E-state index in [4.69, 9.17) is 5.73 Å². The van der Waals surface area contributed by atoms with Crippen LogP contribution in [-0.2, 0) is 9.59 Å². The number of aromatic nitrogens is 2. The van der Waals surface area contributed by atoms with Crippen molar-refractivity contribution in [3.8, 4) is 11.3 Å². The molecule has 7 heteroatoms. The van der Waals surface area contributed by atoms with E-state index in [2.05, 4.69) is 5.10 Å². The van der Waals surface area contributed by atoms with E-state index in [1.165, 1.54) is 10.7 Å². The third kappa shape index (κ3) is 4.07. The van der Waals surface area contributed by atoms with Crippen LogP contribution in [0.3, 0.4) is 0 Å². The molecule has 1 atom stereocenters. The van der Waals surface area contributed by atoms with Crippen LogP contribution in [0.2, 0.25) is 0 Å². The lowest BCUT2D eigenvalue weighted by molar-refractivity contribution is -0.137. The van der Waals surface area contributed by atoms with E-state index in [9.17, 15) is 14.4 Å². The highest BCUT2D eigenvalue weighted by atomic mass is 16.2. The van der Waals surface area contributed by atoms with E-state index in [0.29, 0.717) is 31.6 Å². The van der Waals surface area contributed by atoms with Crippen molar-refractivity contribution in [2.24, 2.45) is 11.7 Å². The van der Waals surface area contributed by atoms with Gasteiger partial charge >= 0.3 is 0 Å². The van der Waals surface area contributed by atoms with Gasteiger partial charge in [-0.05, 0) is 32.8 Å². The third-order valence-corrected chi connectivity index (χ3v) is 5.11. The first-order valence-corrected chi connectivity index (χ1v) is 9.12. The summed E-state index contributed by atoms with van der Waals surface area (Å²) in [5, 5.41) is 4.41. The molecule has 1 aromatic carbocycles. The van der Waals surface area contributed by atoms with E-state index < -0.39 is 6.04 Å². The number of carbonyl (C=O) groups is 2. The Labute approximate surface area is 157 Å². The van der Waals surface area contributed by atoms with Crippen molar-refractivity contribution in [2.45, 2.75) is 32.7 Å². The summed E-state index contributed by atoms with van der Waals surface area (Å²) < 4.78 is 1.23. The van der Waals surface area contributed by atoms with E-state index in [0.717, 1.165) is 11.1 Å². The van der Waals surface area contributed by atoms with E-state index in [-0.39, 0.29) is 23.3 Å². The number of piperidine rings is 1. The highest BCUT2D eigenvalue weighted by Crippen LogP contribution is 2.20. The van der Waals surface area contributed by atoms with Gasteiger partial charge < -0.3 is 10.6 Å². The van der Waals surface area contributed by atoms with Gasteiger partial charge in [0.2, 0.25) is 11.8 Å². The van der Waals surface area contributed by atoms with Crippen LogP contribution in [0.25, 0.3) is 11.3 Å². The summed E-state index contributed by atoms with van der Waals surface area (Å²) in [5.74, 6) is -0.678. The van der Waals surface area contributed by atoms with E-state index >= 15 is 0 Å². The van der Waals surface area contributed by atoms with Gasteiger partial charge in [-0.3, -0.25) is 14.4 Å². The molecule has 3 rings (SSSR count). The minimum atomic E-state index is -0.715. The Kier molecular flexibility index (Phi) is 5.39. The molecule has 1 fully saturated rings. The number of rotatable bonds is 4. The summed E-state index contributed by atoms with van der Waals surface area (Å²) in [6, 6.07) is 10.2. The van der Waals surface area contributed by atoms with Gasteiger partial charge in [0.15, 0.2) is 0 Å². The molecule has 1 aliphatic rings. The highest BCUT2D eigenvalue weighted by molar-refractivity contribution is 5.81. The first-order valence-electron chi connectivity index (χ1n) is 9.12. The van der Waals surface area contributed by atoms with Crippen molar-refractivity contribution in [3.63, 3.8) is 0 Å². The molecule has 7 nitrogen and oxygen atoms in total. The Morgan fingerprint density at radius 2 is 1.74 bits per heavy atom. The molecule has 2 N–H and O–H groups in total. The largest absolute Gasteiger partial charge is 0.369 e. The molecule has 0 bridgehead atoms. The molecular formula is C20H24N4O3. The summed E-state index contributed by atoms with van der Waals surface area (Å²) in [4.78, 5) is 38.1. The lowest BCUT2D eigenvalue weighted by atomic mass is 9.96. The van der Waals surface area contributed by atoms with Gasteiger partial charge in [-0.15, -0.1) is 0 Å². The second-order valence-corrected chi connectivity index (χ2v) is 7.05. The maximum absolute atomic E-state index is 12.8. The van der Waals surface area contributed by atoms with Gasteiger partial charge in [0.1, 0.15) is 6.04 Å². The van der Waals surface area contributed by atoms with Crippen LogP contribution in [-0.4, -0.2) is 39.6 Å². The number of likely N-dealkylation sites (tertiary alicyclic amines) is 1. The Bertz CT molecular complexity index is 896. The van der Waals surface area contributed by atoms with Crippen LogP contribution >= 0.6 is 0 Å². The van der Waals surface area contributed by atoms with Crippen molar-refractivity contribution in [3.05, 3.63) is 52.3 Å². The van der Waals surface area contributed by atoms with Gasteiger partial charge in [0.25, 0.3) is 5.56 Å². The predicted molar refractivity (Wildman–Crippen MR) is 102 cm³/mol. The third-order valence-electron chi connectivity index (χ3n) is 5.11. The topological polar surface area (TPSA) is 98.3 Å². The van der Waals surface area contributed by atoms with Gasteiger partial charge in [-0.1, -0.05) is 29.8 Å². The number of primary amides is 1. The summed E-state index contributed by atoms with van der Waals surface area (Å²) in [7, 11) is 0. The van der Waals surface area contributed by atoms with Gasteiger partial charge in [0.05, 0.1) is 5.69 Å². The second-order valence-electron chi connectivity index (χ2n) is 7.05. The van der Waals surface area contributed by atoms with Gasteiger partial charge in [-0.2, -0.15) is 5.10 Å². The number of amides is 2. The van der Waals surface area contributed by atoms with Crippen LogP contribution in [0.5, 0.6) is 0 Å². The first-order chi connectivity index (χ1) is 12.9. The SMILES string of the molecule is Cc1ccc(-c2ccc(=O)n(C(C)C(=O)N3CCC(C(N)=O)CC3)n2)cc1. The minimum absolute atomic E-state index is 0.173. The van der Waals surface area contributed by atoms with E-state index in [1.54, 1.807) is 17.9 Å². The number of aryl methyl sites for hydroxylation is 1. The lowest BCUT2D eigenvalue weighted by Gasteiger charge is -2.32. The zero-order valence-corrected chi connectivity index (χ0v) is 15.6. The zero-order chi connectivity index (χ0) is 19.6. The smallest absolute Gasteiger partial charge is 0.267 e. The number of benzene rings is 1. The van der Waals surface area contributed by atoms with Gasteiger partial charge in [-0.25, -0.2) is 4.68 Å². The molecule has 0 aliphatic carbocycles. The molecule has 1 aromatic heterocycles. The number of hydrogen-bond donors (Lipinski definition) is 1. The molecule has 1 saturated heterocycles. The standard InChI is InChI=1S/C20H24N4O3/c1-13-3-5-15(6-4-13)17-7-8-18(25)24(22-17)14(2)20(27)23-11-9-16(10-12-23)19(21)26/h3-8,14,16H,9-12H2,1-2H3,(H2,21,26). The Morgan fingerprint density at radius 1 is 1.11 bits per heavy atom. The first kappa shape index (κ1) is 18.8. The van der Waals surface area contributed by atoms with Gasteiger partial charge in [0, 0.05) is 30.6 Å². The molecule has 2 aromatic rings. The summed E-state index contributed by atoms with van der Waals surface area (Å²) >= 11 is 0. The lowest BCUT2D eigenvalue weighted by Crippen LogP contribution is -2.45. The molecule has 142 valence electrons. The average molecular weight is 368 g/mol. The summed E-state index contributed by atoms with van der Waals surface area (Å²) in [6.07, 6.45) is 1.11. The maximum atomic E-state index is 12.8. The number of nitrogens with zero attached hydrogens (tertiary/aromatic N) is 3. The van der Waals surface area contributed by atoms with Crippen LogP contribution < -0.4 is 11.3 Å². The fraction of sp³-hybridized carbons (Fsp3) is 0.400. The molecular weight excluding hydrogens is 344 g/mol. The van der Waals surface area contributed by atoms with Crippen LogP contribution in [0.4, 0.5) is 0 Å². The van der Waals surface area contributed by atoms with Crippen LogP contribution in [0, 0.1) is 12.8 Å². The molecule has 0 saturated carbocycles. The highest BCUT2D eigenvalue weighted by Gasteiger charge is 2.29. The Balaban J connectivity index is 1.80. The molecule has 2 amide bonds. The molecule has 2 heterocycles. The minimum Gasteiger partial charge on any atom is -0.369 e. The van der Waals surface area contributed by atoms with Crippen LogP contribution in [0.15, 0.2) is 41.2 Å². The monoisotopic (exact) mass is 368 g/mol. The Morgan fingerprint density at radius 3 is 2.33 bits per heavy atom. The number of hydrogen-bond acceptors (Lipinski definition) is 4. The molecule has 0 radical (unpaired) electrons. The maximum Gasteiger partial charge on any atom is 0.267 e. The van der Waals surface area contributed by atoms with Crippen molar-refractivity contribution in [2.75, 3.05) is 13.1 Å². The molecule has 1 aliphatic heterocycles. The molecule has 0 spiro atoms. The van der Waals surface area contributed by atoms with Crippen molar-refractivity contribution >= 4 is 11.8 Å². The Hall–Kier alpha value is -2.96. The fourth-order valence-corrected chi connectivity index (χ4v) is 3.33. The number of nitrogens with two attached hydrogens (primary N) is 1.